The number of fused-ring (bicyclic) bond motifs is 3. The molecule has 1 atom stereocenters. The van der Waals surface area contributed by atoms with E-state index in [1.807, 2.05) is 66.7 Å². The lowest BCUT2D eigenvalue weighted by Crippen LogP contribution is -2.39. The molecule has 0 bridgehead atoms. The van der Waals surface area contributed by atoms with E-state index in [2.05, 4.69) is 10.3 Å². The molecule has 4 heteroatoms. The largest absolute Gasteiger partial charge is 0.308 e. The average molecular weight is 342 g/mol. The van der Waals surface area contributed by atoms with Gasteiger partial charge in [0, 0.05) is 6.92 Å². The lowest BCUT2D eigenvalue weighted by atomic mass is 9.82. The van der Waals surface area contributed by atoms with Crippen LogP contribution < -0.4 is 5.32 Å². The zero-order chi connectivity index (χ0) is 18.1. The van der Waals surface area contributed by atoms with Gasteiger partial charge < -0.3 is 5.32 Å². The number of carbonyl (C=O) groups excluding carboxylic acids is 2. The molecule has 1 aliphatic rings. The quantitative estimate of drug-likeness (QED) is 0.767. The molecule has 128 valence electrons. The highest BCUT2D eigenvalue weighted by Gasteiger charge is 2.33. The summed E-state index contributed by atoms with van der Waals surface area (Å²) < 4.78 is 0. The van der Waals surface area contributed by atoms with Gasteiger partial charge >= 0.3 is 0 Å². The van der Waals surface area contributed by atoms with Gasteiger partial charge in [-0.3, -0.25) is 9.59 Å². The first kappa shape index (κ1) is 16.2. The fourth-order valence-corrected chi connectivity index (χ4v) is 3.52. The van der Waals surface area contributed by atoms with E-state index in [-0.39, 0.29) is 23.4 Å². The van der Waals surface area contributed by atoms with Crippen LogP contribution in [0.4, 0.5) is 5.69 Å². The van der Waals surface area contributed by atoms with Gasteiger partial charge in [0.2, 0.25) is 11.7 Å². The first-order valence-electron chi connectivity index (χ1n) is 8.59. The van der Waals surface area contributed by atoms with Gasteiger partial charge in [-0.15, -0.1) is 0 Å². The Morgan fingerprint density at radius 1 is 1.00 bits per heavy atom. The minimum Gasteiger partial charge on any atom is -0.308 e. The molecular weight excluding hydrogens is 324 g/mol. The summed E-state index contributed by atoms with van der Waals surface area (Å²) in [6.45, 7) is 1.39. The van der Waals surface area contributed by atoms with E-state index in [4.69, 9.17) is 0 Å². The third-order valence-corrected chi connectivity index (χ3v) is 4.66. The molecule has 1 unspecified atom stereocenters. The highest BCUT2D eigenvalue weighted by atomic mass is 16.2. The van der Waals surface area contributed by atoms with Gasteiger partial charge in [-0.2, -0.15) is 0 Å². The Morgan fingerprint density at radius 3 is 2.50 bits per heavy atom. The summed E-state index contributed by atoms with van der Waals surface area (Å²) in [6.07, 6.45) is 0.569. The molecule has 0 aromatic heterocycles. The van der Waals surface area contributed by atoms with Gasteiger partial charge in [-0.05, 0) is 34.4 Å². The molecule has 4 rings (SSSR count). The minimum atomic E-state index is -0.377. The second kappa shape index (κ2) is 6.56. The Hall–Kier alpha value is -3.27. The number of benzene rings is 3. The summed E-state index contributed by atoms with van der Waals surface area (Å²) in [4.78, 5) is 29.1. The molecule has 0 spiro atoms. The molecule has 1 aliphatic heterocycles. The summed E-state index contributed by atoms with van der Waals surface area (Å²) >= 11 is 0. The van der Waals surface area contributed by atoms with Gasteiger partial charge in [0.05, 0.1) is 11.6 Å². The van der Waals surface area contributed by atoms with Crippen molar-refractivity contribution in [3.05, 3.63) is 77.9 Å². The van der Waals surface area contributed by atoms with Crippen molar-refractivity contribution in [3.63, 3.8) is 0 Å². The molecule has 3 aromatic carbocycles. The monoisotopic (exact) mass is 342 g/mol. The van der Waals surface area contributed by atoms with Crippen LogP contribution in [0.1, 0.15) is 24.0 Å². The molecule has 4 nitrogen and oxygen atoms in total. The summed E-state index contributed by atoms with van der Waals surface area (Å²) in [5.41, 5.74) is 2.76. The van der Waals surface area contributed by atoms with E-state index in [0.29, 0.717) is 6.42 Å². The Labute approximate surface area is 151 Å². The molecule has 0 radical (unpaired) electrons. The van der Waals surface area contributed by atoms with Crippen molar-refractivity contribution in [1.29, 1.82) is 0 Å². The van der Waals surface area contributed by atoms with Crippen molar-refractivity contribution < 1.29 is 9.59 Å². The van der Waals surface area contributed by atoms with Crippen LogP contribution in [-0.2, 0) is 16.0 Å². The lowest BCUT2D eigenvalue weighted by Gasteiger charge is -2.25. The third-order valence-electron chi connectivity index (χ3n) is 4.66. The number of carbonyl (C=O) groups is 2. The maximum absolute atomic E-state index is 13.1. The van der Waals surface area contributed by atoms with E-state index in [1.165, 1.54) is 6.92 Å². The molecule has 3 aromatic rings. The second-order valence-corrected chi connectivity index (χ2v) is 6.47. The predicted octanol–water partition coefficient (Wildman–Crippen LogP) is 3.91. The molecule has 0 aliphatic carbocycles. The fourth-order valence-electron chi connectivity index (χ4n) is 3.52. The van der Waals surface area contributed by atoms with E-state index in [0.717, 1.165) is 27.6 Å². The van der Waals surface area contributed by atoms with Crippen LogP contribution in [0.15, 0.2) is 71.7 Å². The van der Waals surface area contributed by atoms with Gasteiger partial charge in [-0.25, -0.2) is 4.99 Å². The van der Waals surface area contributed by atoms with Gasteiger partial charge in [0.25, 0.3) is 0 Å². The Balaban J connectivity index is 1.90. The average Bonchev–Trinajstić information content (AvgIpc) is 2.65. The standard InChI is InChI=1S/C22H18N2O2/c1-14(25)23-22-21(26)18(13-15-7-3-2-4-8-15)20-17-10-6-5-9-16(17)11-12-19(20)24-22/h2-12,18H,13H2,1H3,(H,23,24,25). The number of aliphatic imine (C=N–C) groups is 1. The highest BCUT2D eigenvalue weighted by molar-refractivity contribution is 6.44. The molecule has 0 saturated heterocycles. The minimum absolute atomic E-state index is 0.126. The Kier molecular flexibility index (Phi) is 4.09. The number of amidine groups is 1. The number of rotatable bonds is 2. The zero-order valence-corrected chi connectivity index (χ0v) is 14.4. The van der Waals surface area contributed by atoms with Gasteiger partial charge in [0.1, 0.15) is 0 Å². The molecule has 1 amide bonds. The predicted molar refractivity (Wildman–Crippen MR) is 103 cm³/mol. The summed E-state index contributed by atoms with van der Waals surface area (Å²) in [5, 5.41) is 4.71. The van der Waals surface area contributed by atoms with E-state index < -0.39 is 0 Å². The van der Waals surface area contributed by atoms with Crippen LogP contribution >= 0.6 is 0 Å². The first-order valence-corrected chi connectivity index (χ1v) is 8.59. The number of nitrogens with one attached hydrogen (secondary N) is 1. The SMILES string of the molecule is CC(=O)NC1=Nc2ccc3ccccc3c2C(Cc2ccccc2)C1=O. The van der Waals surface area contributed by atoms with Gasteiger partial charge in [0.15, 0.2) is 5.84 Å². The summed E-state index contributed by atoms with van der Waals surface area (Å²) in [6, 6.07) is 21.9. The van der Waals surface area contributed by atoms with Crippen molar-refractivity contribution in [2.45, 2.75) is 19.3 Å². The van der Waals surface area contributed by atoms with E-state index in [1.54, 1.807) is 0 Å². The van der Waals surface area contributed by atoms with Crippen LogP contribution in [0.5, 0.6) is 0 Å². The summed E-state index contributed by atoms with van der Waals surface area (Å²) in [5.74, 6) is -0.688. The van der Waals surface area contributed by atoms with Crippen LogP contribution in [-0.4, -0.2) is 17.5 Å². The third kappa shape index (κ3) is 2.90. The molecule has 0 fully saturated rings. The maximum Gasteiger partial charge on any atom is 0.222 e. The van der Waals surface area contributed by atoms with Gasteiger partial charge in [-0.1, -0.05) is 60.7 Å². The van der Waals surface area contributed by atoms with Crippen LogP contribution in [0.25, 0.3) is 10.8 Å². The number of nitrogens with zero attached hydrogens (tertiary/aromatic N) is 1. The fraction of sp³-hybridized carbons (Fsp3) is 0.136. The molecule has 1 N–H and O–H groups in total. The number of amides is 1. The molecule has 1 heterocycles. The zero-order valence-electron chi connectivity index (χ0n) is 14.4. The summed E-state index contributed by atoms with van der Waals surface area (Å²) in [7, 11) is 0. The normalized spacial score (nSPS) is 16.1. The van der Waals surface area contributed by atoms with Crippen molar-refractivity contribution in [2.24, 2.45) is 4.99 Å². The van der Waals surface area contributed by atoms with Crippen molar-refractivity contribution in [1.82, 2.24) is 5.32 Å². The van der Waals surface area contributed by atoms with Crippen LogP contribution in [0, 0.1) is 0 Å². The van der Waals surface area contributed by atoms with Crippen LogP contribution in [0.2, 0.25) is 0 Å². The molecule has 26 heavy (non-hydrogen) atoms. The van der Waals surface area contributed by atoms with Crippen molar-refractivity contribution in [3.8, 4) is 0 Å². The van der Waals surface area contributed by atoms with Crippen LogP contribution in [0.3, 0.4) is 0 Å². The highest BCUT2D eigenvalue weighted by Crippen LogP contribution is 2.39. The van der Waals surface area contributed by atoms with Crippen molar-refractivity contribution >= 4 is 34.0 Å². The number of ketones is 1. The van der Waals surface area contributed by atoms with E-state index in [9.17, 15) is 9.59 Å². The Bertz CT molecular complexity index is 1040. The van der Waals surface area contributed by atoms with E-state index >= 15 is 0 Å². The van der Waals surface area contributed by atoms with Crippen molar-refractivity contribution in [2.75, 3.05) is 0 Å². The molecular formula is C22H18N2O2. The maximum atomic E-state index is 13.1. The number of hydrogen-bond donors (Lipinski definition) is 1. The number of Topliss-reactive ketones (excluding diaryl/α,β-unsaturated/α-hetero) is 1. The number of hydrogen-bond acceptors (Lipinski definition) is 3. The molecule has 0 saturated carbocycles. The smallest absolute Gasteiger partial charge is 0.222 e. The topological polar surface area (TPSA) is 58.5 Å². The lowest BCUT2D eigenvalue weighted by molar-refractivity contribution is -0.119. The second-order valence-electron chi connectivity index (χ2n) is 6.47. The Morgan fingerprint density at radius 2 is 1.73 bits per heavy atom. The first-order chi connectivity index (χ1) is 12.6.